The third-order valence-electron chi connectivity index (χ3n) is 4.80. The van der Waals surface area contributed by atoms with E-state index in [0.717, 1.165) is 11.3 Å². The largest absolute Gasteiger partial charge is 0.338 e. The molecule has 0 bridgehead atoms. The monoisotopic (exact) mass is 405 g/mol. The minimum Gasteiger partial charge on any atom is -0.338 e. The summed E-state index contributed by atoms with van der Waals surface area (Å²) in [6.07, 6.45) is 0.816. The minimum atomic E-state index is -0.276. The second kappa shape index (κ2) is 8.36. The molecule has 3 aromatic rings. The molecule has 0 saturated carbocycles. The Hall–Kier alpha value is -3.32. The highest BCUT2D eigenvalue weighted by Gasteiger charge is 2.22. The fourth-order valence-electron chi connectivity index (χ4n) is 3.15. The number of likely N-dealkylation sites (tertiary alicyclic amines) is 1. The Morgan fingerprint density at radius 2 is 1.59 bits per heavy atom. The van der Waals surface area contributed by atoms with E-state index in [2.05, 4.69) is 10.3 Å². The summed E-state index contributed by atoms with van der Waals surface area (Å²) in [6.45, 7) is 0.904. The van der Waals surface area contributed by atoms with Gasteiger partial charge in [0.05, 0.1) is 5.69 Å². The summed E-state index contributed by atoms with van der Waals surface area (Å²) in [5.41, 5.74) is 2.77. The first kappa shape index (κ1) is 19.0. The standard InChI is InChI=1S/C22H19N3O3S/c26-18-10-12-25(13-11-18)21(28)17-8-6-16(7-9-17)20(27)24-22-23-19(14-29-22)15-4-2-1-3-5-15/h1-9,14H,10-13H2,(H,23,24,27). The van der Waals surface area contributed by atoms with E-state index in [-0.39, 0.29) is 17.6 Å². The van der Waals surface area contributed by atoms with Crippen LogP contribution in [-0.2, 0) is 4.79 Å². The molecule has 0 atom stereocenters. The summed E-state index contributed by atoms with van der Waals surface area (Å²) in [6, 6.07) is 16.3. The molecule has 1 aliphatic rings. The number of hydrogen-bond acceptors (Lipinski definition) is 5. The molecule has 1 saturated heterocycles. The first-order chi connectivity index (χ1) is 14.1. The van der Waals surface area contributed by atoms with Crippen molar-refractivity contribution in [1.82, 2.24) is 9.88 Å². The third kappa shape index (κ3) is 4.41. The average Bonchev–Trinajstić information content (AvgIpc) is 3.23. The maximum Gasteiger partial charge on any atom is 0.257 e. The summed E-state index contributed by atoms with van der Waals surface area (Å²) >= 11 is 1.36. The number of carbonyl (C=O) groups is 3. The predicted molar refractivity (Wildman–Crippen MR) is 112 cm³/mol. The van der Waals surface area contributed by atoms with Crippen LogP contribution in [0.3, 0.4) is 0 Å². The fraction of sp³-hybridized carbons (Fsp3) is 0.182. The predicted octanol–water partition coefficient (Wildman–Crippen LogP) is 3.87. The van der Waals surface area contributed by atoms with Gasteiger partial charge < -0.3 is 4.90 Å². The van der Waals surface area contributed by atoms with Crippen molar-refractivity contribution in [3.05, 3.63) is 71.1 Å². The van der Waals surface area contributed by atoms with Crippen LogP contribution < -0.4 is 5.32 Å². The fourth-order valence-corrected chi connectivity index (χ4v) is 3.86. The van der Waals surface area contributed by atoms with Crippen molar-refractivity contribution < 1.29 is 14.4 Å². The van der Waals surface area contributed by atoms with Crippen molar-refractivity contribution in [2.45, 2.75) is 12.8 Å². The Labute approximate surface area is 172 Å². The van der Waals surface area contributed by atoms with Crippen LogP contribution in [-0.4, -0.2) is 40.6 Å². The number of benzene rings is 2. The van der Waals surface area contributed by atoms with Gasteiger partial charge in [-0.05, 0) is 24.3 Å². The number of rotatable bonds is 4. The number of piperidine rings is 1. The van der Waals surface area contributed by atoms with Gasteiger partial charge in [0.25, 0.3) is 11.8 Å². The second-order valence-electron chi connectivity index (χ2n) is 6.77. The number of Topliss-reactive ketones (excluding diaryl/α,β-unsaturated/α-hetero) is 1. The van der Waals surface area contributed by atoms with E-state index < -0.39 is 0 Å². The van der Waals surface area contributed by atoms with Crippen LogP contribution in [0.15, 0.2) is 60.0 Å². The van der Waals surface area contributed by atoms with Gasteiger partial charge in [-0.15, -0.1) is 11.3 Å². The van der Waals surface area contributed by atoms with Gasteiger partial charge in [0.15, 0.2) is 5.13 Å². The lowest BCUT2D eigenvalue weighted by Crippen LogP contribution is -2.38. The smallest absolute Gasteiger partial charge is 0.257 e. The molecule has 2 aromatic carbocycles. The van der Waals surface area contributed by atoms with Crippen molar-refractivity contribution in [2.75, 3.05) is 18.4 Å². The quantitative estimate of drug-likeness (QED) is 0.715. The molecule has 2 heterocycles. The van der Waals surface area contributed by atoms with E-state index in [1.807, 2.05) is 35.7 Å². The highest BCUT2D eigenvalue weighted by Crippen LogP contribution is 2.25. The minimum absolute atomic E-state index is 0.114. The SMILES string of the molecule is O=C1CCN(C(=O)c2ccc(C(=O)Nc3nc(-c4ccccc4)cs3)cc2)CC1. The molecule has 1 N–H and O–H groups in total. The molecule has 4 rings (SSSR count). The normalized spacial score (nSPS) is 13.9. The molecule has 1 aliphatic heterocycles. The number of amides is 2. The Bertz CT molecular complexity index is 1030. The zero-order valence-electron chi connectivity index (χ0n) is 15.6. The molecule has 6 nitrogen and oxygen atoms in total. The lowest BCUT2D eigenvalue weighted by molar-refractivity contribution is -0.120. The van der Waals surface area contributed by atoms with E-state index in [4.69, 9.17) is 0 Å². The van der Waals surface area contributed by atoms with Crippen LogP contribution in [0, 0.1) is 0 Å². The molecule has 7 heteroatoms. The summed E-state index contributed by atoms with van der Waals surface area (Å²) < 4.78 is 0. The number of hydrogen-bond donors (Lipinski definition) is 1. The van der Waals surface area contributed by atoms with E-state index in [9.17, 15) is 14.4 Å². The topological polar surface area (TPSA) is 79.4 Å². The van der Waals surface area contributed by atoms with Crippen LogP contribution in [0.25, 0.3) is 11.3 Å². The van der Waals surface area contributed by atoms with Crippen LogP contribution in [0.1, 0.15) is 33.6 Å². The molecule has 29 heavy (non-hydrogen) atoms. The van der Waals surface area contributed by atoms with Crippen LogP contribution in [0.4, 0.5) is 5.13 Å². The molecule has 0 aliphatic carbocycles. The first-order valence-electron chi connectivity index (χ1n) is 9.33. The van der Waals surface area contributed by atoms with E-state index in [1.165, 1.54) is 11.3 Å². The Morgan fingerprint density at radius 1 is 0.931 bits per heavy atom. The summed E-state index contributed by atoms with van der Waals surface area (Å²) in [5, 5.41) is 5.22. The van der Waals surface area contributed by atoms with Gasteiger partial charge in [0, 0.05) is 48.0 Å². The molecular weight excluding hydrogens is 386 g/mol. The van der Waals surface area contributed by atoms with Gasteiger partial charge in [-0.1, -0.05) is 30.3 Å². The number of nitrogens with zero attached hydrogens (tertiary/aromatic N) is 2. The molecule has 0 unspecified atom stereocenters. The van der Waals surface area contributed by atoms with Gasteiger partial charge in [-0.2, -0.15) is 0 Å². The molecule has 2 amide bonds. The molecule has 0 radical (unpaired) electrons. The highest BCUT2D eigenvalue weighted by molar-refractivity contribution is 7.14. The summed E-state index contributed by atoms with van der Waals surface area (Å²) in [7, 11) is 0. The van der Waals surface area contributed by atoms with Crippen LogP contribution in [0.2, 0.25) is 0 Å². The van der Waals surface area contributed by atoms with E-state index in [1.54, 1.807) is 29.2 Å². The number of nitrogens with one attached hydrogen (secondary N) is 1. The van der Waals surface area contributed by atoms with Crippen molar-refractivity contribution in [2.24, 2.45) is 0 Å². The number of thiazole rings is 1. The molecule has 0 spiro atoms. The summed E-state index contributed by atoms with van der Waals surface area (Å²) in [5.74, 6) is -0.197. The molecule has 1 fully saturated rings. The van der Waals surface area contributed by atoms with E-state index >= 15 is 0 Å². The first-order valence-corrected chi connectivity index (χ1v) is 10.2. The third-order valence-corrected chi connectivity index (χ3v) is 5.55. The highest BCUT2D eigenvalue weighted by atomic mass is 32.1. The van der Waals surface area contributed by atoms with Gasteiger partial charge in [-0.25, -0.2) is 4.98 Å². The lowest BCUT2D eigenvalue weighted by atomic mass is 10.1. The van der Waals surface area contributed by atoms with Crippen molar-refractivity contribution in [1.29, 1.82) is 0 Å². The number of aromatic nitrogens is 1. The number of carbonyl (C=O) groups excluding carboxylic acids is 3. The van der Waals surface area contributed by atoms with Gasteiger partial charge in [0.2, 0.25) is 0 Å². The van der Waals surface area contributed by atoms with Gasteiger partial charge in [0.1, 0.15) is 5.78 Å². The Balaban J connectivity index is 1.40. The van der Waals surface area contributed by atoms with Crippen molar-refractivity contribution in [3.8, 4) is 11.3 Å². The van der Waals surface area contributed by atoms with Crippen LogP contribution >= 0.6 is 11.3 Å². The molecular formula is C22H19N3O3S. The zero-order chi connectivity index (χ0) is 20.2. The number of anilines is 1. The Morgan fingerprint density at radius 3 is 2.28 bits per heavy atom. The number of ketones is 1. The zero-order valence-corrected chi connectivity index (χ0v) is 16.4. The van der Waals surface area contributed by atoms with Crippen molar-refractivity contribution in [3.63, 3.8) is 0 Å². The van der Waals surface area contributed by atoms with E-state index in [0.29, 0.717) is 42.2 Å². The Kier molecular flexibility index (Phi) is 5.48. The lowest BCUT2D eigenvalue weighted by Gasteiger charge is -2.26. The molecule has 146 valence electrons. The maximum atomic E-state index is 12.5. The van der Waals surface area contributed by atoms with Gasteiger partial charge in [-0.3, -0.25) is 19.7 Å². The van der Waals surface area contributed by atoms with Crippen molar-refractivity contribution >= 4 is 34.1 Å². The maximum absolute atomic E-state index is 12.5. The van der Waals surface area contributed by atoms with Crippen LogP contribution in [0.5, 0.6) is 0 Å². The average molecular weight is 405 g/mol. The summed E-state index contributed by atoms with van der Waals surface area (Å²) in [4.78, 5) is 42.5. The van der Waals surface area contributed by atoms with Gasteiger partial charge >= 0.3 is 0 Å². The molecule has 1 aromatic heterocycles. The second-order valence-corrected chi connectivity index (χ2v) is 7.62.